The van der Waals surface area contributed by atoms with Gasteiger partial charge in [-0.1, -0.05) is 33.2 Å². The standard InChI is InChI=1S/C18H16BrN3O3/c1-11(23)20-14-5-7-15(8-6-14)21-18(24)17-10-16(22-25-17)12-3-2-4-13(19)9-12/h2-9,17H,10H2,1H3,(H,20,23)(H,21,24). The molecule has 0 fully saturated rings. The van der Waals surface area contributed by atoms with Crippen LogP contribution in [0.5, 0.6) is 0 Å². The zero-order chi connectivity index (χ0) is 17.8. The summed E-state index contributed by atoms with van der Waals surface area (Å²) in [5.41, 5.74) is 2.95. The molecule has 0 bridgehead atoms. The smallest absolute Gasteiger partial charge is 0.268 e. The highest BCUT2D eigenvalue weighted by molar-refractivity contribution is 9.10. The number of anilines is 2. The molecule has 3 rings (SSSR count). The van der Waals surface area contributed by atoms with E-state index in [1.165, 1.54) is 6.92 Å². The zero-order valence-electron chi connectivity index (χ0n) is 13.5. The SMILES string of the molecule is CC(=O)Nc1ccc(NC(=O)C2CC(c3cccc(Br)c3)=NO2)cc1. The number of benzene rings is 2. The first-order valence-corrected chi connectivity index (χ1v) is 8.48. The monoisotopic (exact) mass is 401 g/mol. The Kier molecular flexibility index (Phi) is 5.14. The number of carbonyl (C=O) groups is 2. The largest absolute Gasteiger partial charge is 0.382 e. The quantitative estimate of drug-likeness (QED) is 0.821. The number of carbonyl (C=O) groups excluding carboxylic acids is 2. The molecule has 2 N–H and O–H groups in total. The number of hydrogen-bond acceptors (Lipinski definition) is 4. The molecule has 1 atom stereocenters. The molecular weight excluding hydrogens is 386 g/mol. The Hall–Kier alpha value is -2.67. The van der Waals surface area contributed by atoms with Crippen molar-refractivity contribution in [3.8, 4) is 0 Å². The third-order valence-corrected chi connectivity index (χ3v) is 4.09. The zero-order valence-corrected chi connectivity index (χ0v) is 15.0. The lowest BCUT2D eigenvalue weighted by molar-refractivity contribution is -0.125. The second kappa shape index (κ2) is 7.48. The first kappa shape index (κ1) is 17.2. The number of hydrogen-bond donors (Lipinski definition) is 2. The van der Waals surface area contributed by atoms with Crippen LogP contribution in [0.25, 0.3) is 0 Å². The van der Waals surface area contributed by atoms with Crippen molar-refractivity contribution in [3.05, 3.63) is 58.6 Å². The first-order chi connectivity index (χ1) is 12.0. The summed E-state index contributed by atoms with van der Waals surface area (Å²) in [6.07, 6.45) is -0.254. The van der Waals surface area contributed by atoms with Crippen molar-refractivity contribution < 1.29 is 14.4 Å². The number of nitrogens with one attached hydrogen (secondary N) is 2. The molecule has 0 aliphatic carbocycles. The van der Waals surface area contributed by atoms with E-state index in [1.807, 2.05) is 24.3 Å². The molecule has 0 saturated heterocycles. The van der Waals surface area contributed by atoms with Gasteiger partial charge in [-0.15, -0.1) is 0 Å². The number of amides is 2. The van der Waals surface area contributed by atoms with E-state index in [0.29, 0.717) is 17.8 Å². The molecule has 2 amide bonds. The Balaban J connectivity index is 1.59. The Morgan fingerprint density at radius 3 is 2.44 bits per heavy atom. The molecule has 25 heavy (non-hydrogen) atoms. The fourth-order valence-electron chi connectivity index (χ4n) is 2.42. The van der Waals surface area contributed by atoms with Crippen LogP contribution in [0.3, 0.4) is 0 Å². The van der Waals surface area contributed by atoms with Gasteiger partial charge in [0.1, 0.15) is 0 Å². The van der Waals surface area contributed by atoms with E-state index in [4.69, 9.17) is 4.84 Å². The third-order valence-electron chi connectivity index (χ3n) is 3.59. The summed E-state index contributed by atoms with van der Waals surface area (Å²) in [4.78, 5) is 28.6. The number of oxime groups is 1. The topological polar surface area (TPSA) is 79.8 Å². The molecule has 7 heteroatoms. The lowest BCUT2D eigenvalue weighted by Gasteiger charge is -2.10. The average Bonchev–Trinajstić information content (AvgIpc) is 3.06. The molecule has 1 aliphatic heterocycles. The fraction of sp³-hybridized carbons (Fsp3) is 0.167. The maximum Gasteiger partial charge on any atom is 0.268 e. The van der Waals surface area contributed by atoms with Gasteiger partial charge in [0.25, 0.3) is 5.91 Å². The van der Waals surface area contributed by atoms with Gasteiger partial charge in [0, 0.05) is 34.8 Å². The lowest BCUT2D eigenvalue weighted by Crippen LogP contribution is -2.28. The molecule has 1 heterocycles. The molecular formula is C18H16BrN3O3. The summed E-state index contributed by atoms with van der Waals surface area (Å²) < 4.78 is 0.944. The van der Waals surface area contributed by atoms with Crippen LogP contribution in [-0.4, -0.2) is 23.6 Å². The van der Waals surface area contributed by atoms with Gasteiger partial charge in [-0.05, 0) is 36.4 Å². The van der Waals surface area contributed by atoms with Crippen LogP contribution >= 0.6 is 15.9 Å². The van der Waals surface area contributed by atoms with Crippen LogP contribution < -0.4 is 10.6 Å². The highest BCUT2D eigenvalue weighted by atomic mass is 79.9. The van der Waals surface area contributed by atoms with Crippen molar-refractivity contribution in [1.82, 2.24) is 0 Å². The second-order valence-corrected chi connectivity index (χ2v) is 6.51. The minimum absolute atomic E-state index is 0.145. The predicted octanol–water partition coefficient (Wildman–Crippen LogP) is 3.54. The maximum atomic E-state index is 12.3. The van der Waals surface area contributed by atoms with Crippen LogP contribution in [0.4, 0.5) is 11.4 Å². The van der Waals surface area contributed by atoms with Crippen molar-refractivity contribution in [2.24, 2.45) is 5.16 Å². The fourth-order valence-corrected chi connectivity index (χ4v) is 2.82. The van der Waals surface area contributed by atoms with Gasteiger partial charge in [0.2, 0.25) is 12.0 Å². The Labute approximate surface area is 153 Å². The van der Waals surface area contributed by atoms with E-state index in [2.05, 4.69) is 31.7 Å². The average molecular weight is 402 g/mol. The Morgan fingerprint density at radius 2 is 1.80 bits per heavy atom. The summed E-state index contributed by atoms with van der Waals surface area (Å²) in [5, 5.41) is 9.48. The molecule has 0 spiro atoms. The first-order valence-electron chi connectivity index (χ1n) is 7.68. The van der Waals surface area contributed by atoms with E-state index in [-0.39, 0.29) is 11.8 Å². The van der Waals surface area contributed by atoms with Crippen molar-refractivity contribution in [1.29, 1.82) is 0 Å². The molecule has 2 aromatic carbocycles. The highest BCUT2D eigenvalue weighted by Crippen LogP contribution is 2.21. The van der Waals surface area contributed by atoms with Crippen LogP contribution in [-0.2, 0) is 14.4 Å². The van der Waals surface area contributed by atoms with Gasteiger partial charge >= 0.3 is 0 Å². The molecule has 6 nitrogen and oxygen atoms in total. The summed E-state index contributed by atoms with van der Waals surface area (Å²) in [5.74, 6) is -0.408. The van der Waals surface area contributed by atoms with Gasteiger partial charge in [-0.2, -0.15) is 0 Å². The third kappa shape index (κ3) is 4.45. The lowest BCUT2D eigenvalue weighted by atomic mass is 10.0. The van der Waals surface area contributed by atoms with E-state index in [0.717, 1.165) is 15.7 Å². The normalized spacial score (nSPS) is 15.9. The number of nitrogens with zero attached hydrogens (tertiary/aromatic N) is 1. The summed E-state index contributed by atoms with van der Waals surface area (Å²) in [6.45, 7) is 1.44. The molecule has 128 valence electrons. The van der Waals surface area contributed by atoms with Gasteiger partial charge in [-0.25, -0.2) is 0 Å². The number of halogens is 1. The van der Waals surface area contributed by atoms with Crippen molar-refractivity contribution in [2.75, 3.05) is 10.6 Å². The number of rotatable bonds is 4. The van der Waals surface area contributed by atoms with Gasteiger partial charge in [0.05, 0.1) is 5.71 Å². The van der Waals surface area contributed by atoms with E-state index < -0.39 is 6.10 Å². The molecule has 1 unspecified atom stereocenters. The van der Waals surface area contributed by atoms with Crippen LogP contribution in [0.1, 0.15) is 18.9 Å². The Bertz CT molecular complexity index is 834. The molecule has 2 aromatic rings. The molecule has 0 aromatic heterocycles. The summed E-state index contributed by atoms with van der Waals surface area (Å²) in [7, 11) is 0. The van der Waals surface area contributed by atoms with E-state index >= 15 is 0 Å². The minimum atomic E-state index is -0.663. The molecule has 0 saturated carbocycles. The van der Waals surface area contributed by atoms with Gasteiger partial charge in [-0.3, -0.25) is 9.59 Å². The maximum absolute atomic E-state index is 12.3. The van der Waals surface area contributed by atoms with Crippen LogP contribution in [0.15, 0.2) is 58.2 Å². The second-order valence-electron chi connectivity index (χ2n) is 5.59. The van der Waals surface area contributed by atoms with Crippen molar-refractivity contribution in [3.63, 3.8) is 0 Å². The van der Waals surface area contributed by atoms with E-state index in [1.54, 1.807) is 24.3 Å². The molecule has 1 aliphatic rings. The van der Waals surface area contributed by atoms with Crippen LogP contribution in [0.2, 0.25) is 0 Å². The Morgan fingerprint density at radius 1 is 1.12 bits per heavy atom. The van der Waals surface area contributed by atoms with Crippen LogP contribution in [0, 0.1) is 0 Å². The minimum Gasteiger partial charge on any atom is -0.382 e. The summed E-state index contributed by atoms with van der Waals surface area (Å²) >= 11 is 3.42. The van der Waals surface area contributed by atoms with Gasteiger partial charge < -0.3 is 15.5 Å². The van der Waals surface area contributed by atoms with E-state index in [9.17, 15) is 9.59 Å². The molecule has 0 radical (unpaired) electrons. The summed E-state index contributed by atoms with van der Waals surface area (Å²) in [6, 6.07) is 14.6. The van der Waals surface area contributed by atoms with Crippen molar-refractivity contribution >= 4 is 44.8 Å². The van der Waals surface area contributed by atoms with Gasteiger partial charge in [0.15, 0.2) is 0 Å². The highest BCUT2D eigenvalue weighted by Gasteiger charge is 2.29. The predicted molar refractivity (Wildman–Crippen MR) is 99.5 cm³/mol. The van der Waals surface area contributed by atoms with Crippen molar-refractivity contribution in [2.45, 2.75) is 19.4 Å².